The van der Waals surface area contributed by atoms with Gasteiger partial charge < -0.3 is 24.8 Å². The Hall–Kier alpha value is -2.88. The molecular weight excluding hydrogens is 388 g/mol. The van der Waals surface area contributed by atoms with Gasteiger partial charge in [0.25, 0.3) is 11.8 Å². The summed E-state index contributed by atoms with van der Waals surface area (Å²) in [6, 6.07) is 10.5. The first kappa shape index (κ1) is 21.8. The minimum Gasteiger partial charge on any atom is -0.371 e. The number of hydrogen-bond donors (Lipinski definition) is 2. The van der Waals surface area contributed by atoms with Crippen LogP contribution in [0.2, 0.25) is 0 Å². The second kappa shape index (κ2) is 10.2. The fourth-order valence-corrected chi connectivity index (χ4v) is 3.04. The molecular formula is C21H26N4O5. The molecule has 1 aromatic heterocycles. The molecule has 0 saturated carbocycles. The van der Waals surface area contributed by atoms with Crippen molar-refractivity contribution >= 4 is 11.8 Å². The lowest BCUT2D eigenvalue weighted by Gasteiger charge is -2.37. The number of benzene rings is 1. The lowest BCUT2D eigenvalue weighted by Crippen LogP contribution is -2.52. The molecule has 2 N–H and O–H groups in total. The first-order chi connectivity index (χ1) is 14.4. The van der Waals surface area contributed by atoms with Crippen molar-refractivity contribution in [2.75, 3.05) is 26.3 Å². The second-order valence-electron chi connectivity index (χ2n) is 7.23. The number of carbonyl (C=O) groups is 2. The normalized spacial score (nSPS) is 21.1. The van der Waals surface area contributed by atoms with Crippen LogP contribution in [-0.4, -0.2) is 66.3 Å². The summed E-state index contributed by atoms with van der Waals surface area (Å²) in [5, 5.41) is 13.1. The monoisotopic (exact) mass is 414 g/mol. The largest absolute Gasteiger partial charge is 0.371 e. The molecule has 1 saturated heterocycles. The molecule has 2 aromatic rings. The molecule has 0 spiro atoms. The van der Waals surface area contributed by atoms with Gasteiger partial charge in [-0.3, -0.25) is 9.59 Å². The molecule has 160 valence electrons. The number of rotatable bonds is 6. The third-order valence-electron chi connectivity index (χ3n) is 4.52. The first-order valence-corrected chi connectivity index (χ1v) is 9.76. The lowest BCUT2D eigenvalue weighted by molar-refractivity contribution is -0.277. The quantitative estimate of drug-likeness (QED) is 0.730. The van der Waals surface area contributed by atoms with Crippen LogP contribution in [0.15, 0.2) is 48.8 Å². The van der Waals surface area contributed by atoms with E-state index in [0.29, 0.717) is 24.3 Å². The zero-order chi connectivity index (χ0) is 21.4. The van der Waals surface area contributed by atoms with Gasteiger partial charge in [-0.05, 0) is 32.0 Å². The van der Waals surface area contributed by atoms with E-state index in [9.17, 15) is 9.59 Å². The Balaban J connectivity index is 1.65. The smallest absolute Gasteiger partial charge is 0.253 e. The number of nitrogens with zero attached hydrogens (tertiary/aromatic N) is 2. The number of hydrogen-bond acceptors (Lipinski definition) is 7. The fourth-order valence-electron chi connectivity index (χ4n) is 3.04. The Bertz CT molecular complexity index is 832. The highest BCUT2D eigenvalue weighted by Crippen LogP contribution is 2.20. The first-order valence-electron chi connectivity index (χ1n) is 9.76. The highest BCUT2D eigenvalue weighted by Gasteiger charge is 2.33. The Morgan fingerprint density at radius 3 is 2.37 bits per heavy atom. The molecule has 9 heteroatoms. The average Bonchev–Trinajstić information content (AvgIpc) is 2.76. The highest BCUT2D eigenvalue weighted by atomic mass is 16.7. The molecule has 0 unspecified atom stereocenters. The molecule has 0 aliphatic carbocycles. The van der Waals surface area contributed by atoms with Gasteiger partial charge in [0.1, 0.15) is 12.2 Å². The van der Waals surface area contributed by atoms with E-state index in [1.807, 2.05) is 19.9 Å². The Morgan fingerprint density at radius 1 is 0.967 bits per heavy atom. The SMILES string of the molecule is CC1(C)OCCO[C@H](CNC(=O)c2ccnnc2)[C@H](CNC(=O)c2ccccc2)O1. The molecule has 9 nitrogen and oxygen atoms in total. The van der Waals surface area contributed by atoms with Gasteiger partial charge in [0.05, 0.1) is 31.2 Å². The van der Waals surface area contributed by atoms with Crippen LogP contribution >= 0.6 is 0 Å². The molecule has 0 radical (unpaired) electrons. The van der Waals surface area contributed by atoms with Crippen LogP contribution in [0.5, 0.6) is 0 Å². The zero-order valence-electron chi connectivity index (χ0n) is 17.0. The average molecular weight is 414 g/mol. The zero-order valence-corrected chi connectivity index (χ0v) is 17.0. The van der Waals surface area contributed by atoms with Crippen molar-refractivity contribution in [3.05, 3.63) is 59.9 Å². The van der Waals surface area contributed by atoms with Crippen molar-refractivity contribution in [1.82, 2.24) is 20.8 Å². The third kappa shape index (κ3) is 6.31. The van der Waals surface area contributed by atoms with Crippen LogP contribution in [0.25, 0.3) is 0 Å². The van der Waals surface area contributed by atoms with Crippen LogP contribution in [0.1, 0.15) is 34.6 Å². The molecule has 30 heavy (non-hydrogen) atoms. The maximum Gasteiger partial charge on any atom is 0.253 e. The van der Waals surface area contributed by atoms with Crippen molar-refractivity contribution < 1.29 is 23.8 Å². The predicted molar refractivity (Wildman–Crippen MR) is 108 cm³/mol. The van der Waals surface area contributed by atoms with Gasteiger partial charge in [-0.15, -0.1) is 0 Å². The summed E-state index contributed by atoms with van der Waals surface area (Å²) in [6.07, 6.45) is 1.82. The maximum atomic E-state index is 12.4. The van der Waals surface area contributed by atoms with E-state index < -0.39 is 18.0 Å². The molecule has 0 bridgehead atoms. The van der Waals surface area contributed by atoms with E-state index in [-0.39, 0.29) is 24.9 Å². The molecule has 1 aliphatic heterocycles. The van der Waals surface area contributed by atoms with Gasteiger partial charge in [-0.25, -0.2) is 0 Å². The van der Waals surface area contributed by atoms with Crippen molar-refractivity contribution in [3.63, 3.8) is 0 Å². The van der Waals surface area contributed by atoms with E-state index in [1.165, 1.54) is 12.4 Å². The second-order valence-corrected chi connectivity index (χ2v) is 7.23. The van der Waals surface area contributed by atoms with Crippen LogP contribution < -0.4 is 10.6 Å². The lowest BCUT2D eigenvalue weighted by atomic mass is 10.1. The van der Waals surface area contributed by atoms with Crippen LogP contribution in [0.3, 0.4) is 0 Å². The van der Waals surface area contributed by atoms with Gasteiger partial charge in [0, 0.05) is 18.7 Å². The predicted octanol–water partition coefficient (Wildman–Crippen LogP) is 1.17. The van der Waals surface area contributed by atoms with Crippen LogP contribution in [0.4, 0.5) is 0 Å². The molecule has 2 atom stereocenters. The van der Waals surface area contributed by atoms with E-state index in [0.717, 1.165) is 0 Å². The topological polar surface area (TPSA) is 112 Å². The molecule has 1 fully saturated rings. The van der Waals surface area contributed by atoms with E-state index >= 15 is 0 Å². The Labute approximate surface area is 175 Å². The molecule has 2 heterocycles. The summed E-state index contributed by atoms with van der Waals surface area (Å²) in [5.74, 6) is -1.37. The van der Waals surface area contributed by atoms with Crippen molar-refractivity contribution in [2.45, 2.75) is 31.8 Å². The molecule has 1 aliphatic rings. The minimum atomic E-state index is -0.858. The van der Waals surface area contributed by atoms with Crippen molar-refractivity contribution in [2.24, 2.45) is 0 Å². The summed E-state index contributed by atoms with van der Waals surface area (Å²) in [7, 11) is 0. The van der Waals surface area contributed by atoms with Gasteiger partial charge in [-0.1, -0.05) is 18.2 Å². The molecule has 2 amide bonds. The van der Waals surface area contributed by atoms with Crippen LogP contribution in [-0.2, 0) is 14.2 Å². The maximum absolute atomic E-state index is 12.4. The van der Waals surface area contributed by atoms with E-state index in [4.69, 9.17) is 14.2 Å². The molecule has 1 aromatic carbocycles. The fraction of sp³-hybridized carbons (Fsp3) is 0.429. The summed E-state index contributed by atoms with van der Waals surface area (Å²) in [6.45, 7) is 4.70. The van der Waals surface area contributed by atoms with Crippen molar-refractivity contribution in [1.29, 1.82) is 0 Å². The summed E-state index contributed by atoms with van der Waals surface area (Å²) < 4.78 is 17.6. The van der Waals surface area contributed by atoms with E-state index in [1.54, 1.807) is 30.3 Å². The number of carbonyl (C=O) groups excluding carboxylic acids is 2. The number of amides is 2. The van der Waals surface area contributed by atoms with Gasteiger partial charge in [-0.2, -0.15) is 10.2 Å². The summed E-state index contributed by atoms with van der Waals surface area (Å²) in [4.78, 5) is 24.8. The molecule has 3 rings (SSSR count). The number of ether oxygens (including phenoxy) is 3. The number of aromatic nitrogens is 2. The standard InChI is InChI=1S/C21H26N4O5/c1-21(2)29-11-10-28-17(13-22-20(27)16-8-9-24-25-12-16)18(30-21)14-23-19(26)15-6-4-3-5-7-15/h3-9,12,17-18H,10-11,13-14H2,1-2H3,(H,22,27)(H,23,26)/t17-,18+/m1/s1. The Kier molecular flexibility index (Phi) is 7.45. The number of nitrogens with one attached hydrogen (secondary N) is 2. The minimum absolute atomic E-state index is 0.192. The van der Waals surface area contributed by atoms with Crippen molar-refractivity contribution in [3.8, 4) is 0 Å². The van der Waals surface area contributed by atoms with E-state index in [2.05, 4.69) is 20.8 Å². The van der Waals surface area contributed by atoms with Gasteiger partial charge >= 0.3 is 0 Å². The van der Waals surface area contributed by atoms with Gasteiger partial charge in [0.2, 0.25) is 0 Å². The third-order valence-corrected chi connectivity index (χ3v) is 4.52. The summed E-state index contributed by atoms with van der Waals surface area (Å²) >= 11 is 0. The van der Waals surface area contributed by atoms with Gasteiger partial charge in [0.15, 0.2) is 5.79 Å². The van der Waals surface area contributed by atoms with Crippen LogP contribution in [0, 0.1) is 0 Å². The Morgan fingerprint density at radius 2 is 1.67 bits per heavy atom. The highest BCUT2D eigenvalue weighted by molar-refractivity contribution is 5.94. The summed E-state index contributed by atoms with van der Waals surface area (Å²) in [5.41, 5.74) is 0.948.